The lowest BCUT2D eigenvalue weighted by Crippen LogP contribution is -2.32. The van der Waals surface area contributed by atoms with Crippen LogP contribution in [0.25, 0.3) is 5.57 Å². The summed E-state index contributed by atoms with van der Waals surface area (Å²) in [6.07, 6.45) is 1.63. The Morgan fingerprint density at radius 3 is 2.19 bits per heavy atom. The lowest BCUT2D eigenvalue weighted by Gasteiger charge is -2.20. The van der Waals surface area contributed by atoms with Gasteiger partial charge in [0.15, 0.2) is 0 Å². The van der Waals surface area contributed by atoms with Gasteiger partial charge in [-0.1, -0.05) is 18.2 Å². The number of aliphatic hydroxyl groups excluding tert-OH is 1. The zero-order chi connectivity index (χ0) is 18.4. The van der Waals surface area contributed by atoms with E-state index >= 15 is 0 Å². The van der Waals surface area contributed by atoms with Gasteiger partial charge in [-0.25, -0.2) is 0 Å². The van der Waals surface area contributed by atoms with E-state index in [1.165, 1.54) is 16.7 Å². The van der Waals surface area contributed by atoms with Crippen LogP contribution in [0.4, 0.5) is 0 Å². The minimum atomic E-state index is -0.569. The molecule has 2 atom stereocenters. The van der Waals surface area contributed by atoms with E-state index in [-0.39, 0.29) is 6.04 Å². The molecule has 0 fully saturated rings. The minimum Gasteiger partial charge on any atom is -0.497 e. The summed E-state index contributed by atoms with van der Waals surface area (Å²) in [5.41, 5.74) is 4.58. The molecule has 2 N–H and O–H groups in total. The SMILES string of the molecule is COc1ccc(C(O)C(C)NCC=C(c2ccsc2)c2ccsc2)cc1. The van der Waals surface area contributed by atoms with Crippen LogP contribution in [0.15, 0.2) is 64.0 Å². The first-order valence-electron chi connectivity index (χ1n) is 8.49. The third-order valence-electron chi connectivity index (χ3n) is 4.34. The Hall–Kier alpha value is -1.92. The second kappa shape index (κ2) is 9.14. The highest BCUT2D eigenvalue weighted by molar-refractivity contribution is 7.08. The Labute approximate surface area is 162 Å². The molecule has 0 aliphatic heterocycles. The molecule has 0 amide bonds. The van der Waals surface area contributed by atoms with Crippen LogP contribution in [0, 0.1) is 0 Å². The van der Waals surface area contributed by atoms with Crippen molar-refractivity contribution in [2.45, 2.75) is 19.1 Å². The van der Waals surface area contributed by atoms with Crippen molar-refractivity contribution in [2.75, 3.05) is 13.7 Å². The lowest BCUT2D eigenvalue weighted by molar-refractivity contribution is 0.138. The molecule has 5 heteroatoms. The van der Waals surface area contributed by atoms with E-state index in [1.807, 2.05) is 31.2 Å². The normalized spacial score (nSPS) is 13.2. The number of hydrogen-bond donors (Lipinski definition) is 2. The van der Waals surface area contributed by atoms with Crippen molar-refractivity contribution in [3.63, 3.8) is 0 Å². The molecule has 26 heavy (non-hydrogen) atoms. The highest BCUT2D eigenvalue weighted by Crippen LogP contribution is 2.27. The fourth-order valence-corrected chi connectivity index (χ4v) is 4.10. The van der Waals surface area contributed by atoms with Crippen molar-refractivity contribution in [3.05, 3.63) is 80.7 Å². The largest absolute Gasteiger partial charge is 0.497 e. The van der Waals surface area contributed by atoms with Crippen LogP contribution in [0.2, 0.25) is 0 Å². The average molecular weight is 386 g/mol. The molecule has 0 aliphatic carbocycles. The smallest absolute Gasteiger partial charge is 0.118 e. The number of aliphatic hydroxyl groups is 1. The standard InChI is InChI=1S/C21H23NO2S2/c1-15(21(23)16-3-5-19(24-2)6-4-16)22-10-7-20(17-8-11-25-13-17)18-9-12-26-14-18/h3-9,11-15,21-23H,10H2,1-2H3. The van der Waals surface area contributed by atoms with Gasteiger partial charge in [-0.3, -0.25) is 0 Å². The summed E-state index contributed by atoms with van der Waals surface area (Å²) in [6.45, 7) is 2.69. The first-order chi connectivity index (χ1) is 12.7. The zero-order valence-electron chi connectivity index (χ0n) is 14.9. The van der Waals surface area contributed by atoms with Gasteiger partial charge < -0.3 is 15.2 Å². The molecule has 3 rings (SSSR count). The Morgan fingerprint density at radius 2 is 1.69 bits per heavy atom. The maximum atomic E-state index is 10.6. The fraction of sp³-hybridized carbons (Fsp3) is 0.238. The van der Waals surface area contributed by atoms with Crippen LogP contribution in [0.3, 0.4) is 0 Å². The van der Waals surface area contributed by atoms with E-state index in [0.29, 0.717) is 6.54 Å². The Bertz CT molecular complexity index is 772. The Morgan fingerprint density at radius 1 is 1.08 bits per heavy atom. The number of hydrogen-bond acceptors (Lipinski definition) is 5. The minimum absolute atomic E-state index is 0.0640. The molecule has 3 nitrogen and oxygen atoms in total. The van der Waals surface area contributed by atoms with Crippen molar-refractivity contribution < 1.29 is 9.84 Å². The van der Waals surface area contributed by atoms with E-state index in [4.69, 9.17) is 4.74 Å². The van der Waals surface area contributed by atoms with Crippen LogP contribution in [0.1, 0.15) is 29.7 Å². The zero-order valence-corrected chi connectivity index (χ0v) is 16.5. The topological polar surface area (TPSA) is 41.5 Å². The number of thiophene rings is 2. The Kier molecular flexibility index (Phi) is 6.63. The Balaban J connectivity index is 1.65. The van der Waals surface area contributed by atoms with E-state index in [1.54, 1.807) is 29.8 Å². The highest BCUT2D eigenvalue weighted by atomic mass is 32.1. The first kappa shape index (κ1) is 18.9. The molecular formula is C21H23NO2S2. The number of nitrogens with one attached hydrogen (secondary N) is 1. The molecule has 2 aromatic heterocycles. The summed E-state index contributed by atoms with van der Waals surface area (Å²) in [6, 6.07) is 11.8. The lowest BCUT2D eigenvalue weighted by atomic mass is 10.0. The molecule has 0 aliphatic rings. The molecule has 2 unspecified atom stereocenters. The van der Waals surface area contributed by atoms with Crippen LogP contribution < -0.4 is 10.1 Å². The molecule has 136 valence electrons. The van der Waals surface area contributed by atoms with Gasteiger partial charge in [0.2, 0.25) is 0 Å². The van der Waals surface area contributed by atoms with Crippen molar-refractivity contribution in [1.29, 1.82) is 0 Å². The second-order valence-corrected chi connectivity index (χ2v) is 7.62. The molecule has 0 radical (unpaired) electrons. The summed E-state index contributed by atoms with van der Waals surface area (Å²) < 4.78 is 5.17. The molecular weight excluding hydrogens is 362 g/mol. The third-order valence-corrected chi connectivity index (χ3v) is 5.71. The monoisotopic (exact) mass is 385 g/mol. The molecule has 1 aromatic carbocycles. The third kappa shape index (κ3) is 4.62. The predicted octanol–water partition coefficient (Wildman–Crippen LogP) is 4.96. The number of benzene rings is 1. The maximum Gasteiger partial charge on any atom is 0.118 e. The van der Waals surface area contributed by atoms with E-state index in [9.17, 15) is 5.11 Å². The van der Waals surface area contributed by atoms with E-state index in [2.05, 4.69) is 45.0 Å². The molecule has 0 saturated heterocycles. The number of rotatable bonds is 8. The molecule has 0 spiro atoms. The van der Waals surface area contributed by atoms with Crippen molar-refractivity contribution in [1.82, 2.24) is 5.32 Å². The first-order valence-corrected chi connectivity index (χ1v) is 10.4. The van der Waals surface area contributed by atoms with Gasteiger partial charge in [-0.2, -0.15) is 22.7 Å². The van der Waals surface area contributed by atoms with Crippen molar-refractivity contribution in [2.24, 2.45) is 0 Å². The van der Waals surface area contributed by atoms with E-state index in [0.717, 1.165) is 11.3 Å². The highest BCUT2D eigenvalue weighted by Gasteiger charge is 2.15. The molecule has 0 saturated carbocycles. The van der Waals surface area contributed by atoms with Gasteiger partial charge >= 0.3 is 0 Å². The average Bonchev–Trinajstić information content (AvgIpc) is 3.38. The summed E-state index contributed by atoms with van der Waals surface area (Å²) in [5.74, 6) is 0.792. The van der Waals surface area contributed by atoms with Crippen LogP contribution in [0.5, 0.6) is 5.75 Å². The van der Waals surface area contributed by atoms with Crippen LogP contribution in [-0.4, -0.2) is 24.8 Å². The maximum absolute atomic E-state index is 10.6. The van der Waals surface area contributed by atoms with Gasteiger partial charge in [0.1, 0.15) is 5.75 Å². The summed E-state index contributed by atoms with van der Waals surface area (Å²) in [7, 11) is 1.64. The van der Waals surface area contributed by atoms with Gasteiger partial charge in [-0.15, -0.1) is 0 Å². The number of methoxy groups -OCH3 is 1. The quantitative estimate of drug-likeness (QED) is 0.576. The number of ether oxygens (including phenoxy) is 1. The van der Waals surface area contributed by atoms with Crippen LogP contribution >= 0.6 is 22.7 Å². The molecule has 2 heterocycles. The van der Waals surface area contributed by atoms with Crippen molar-refractivity contribution >= 4 is 28.2 Å². The summed E-state index contributed by atoms with van der Waals surface area (Å²) in [4.78, 5) is 0. The predicted molar refractivity (Wildman–Crippen MR) is 111 cm³/mol. The van der Waals surface area contributed by atoms with Gasteiger partial charge in [0.25, 0.3) is 0 Å². The van der Waals surface area contributed by atoms with E-state index < -0.39 is 6.10 Å². The van der Waals surface area contributed by atoms with Gasteiger partial charge in [0, 0.05) is 12.6 Å². The summed E-state index contributed by atoms with van der Waals surface area (Å²) in [5, 5.41) is 22.5. The van der Waals surface area contributed by atoms with Gasteiger partial charge in [-0.05, 0) is 75.0 Å². The second-order valence-electron chi connectivity index (χ2n) is 6.06. The summed E-state index contributed by atoms with van der Waals surface area (Å²) >= 11 is 3.40. The fourth-order valence-electron chi connectivity index (χ4n) is 2.79. The van der Waals surface area contributed by atoms with Crippen molar-refractivity contribution in [3.8, 4) is 5.75 Å². The van der Waals surface area contributed by atoms with Crippen LogP contribution in [-0.2, 0) is 0 Å². The molecule has 0 bridgehead atoms. The van der Waals surface area contributed by atoms with Gasteiger partial charge in [0.05, 0.1) is 13.2 Å². The molecule has 3 aromatic rings.